The third-order valence-electron chi connectivity index (χ3n) is 9.64. The largest absolute Gasteiger partial charge is 0.354 e. The lowest BCUT2D eigenvalue weighted by molar-refractivity contribution is 0.944. The molecule has 1 aliphatic rings. The second kappa shape index (κ2) is 11.0. The molecule has 1 aliphatic heterocycles. The van der Waals surface area contributed by atoms with Crippen LogP contribution in [-0.2, 0) is 0 Å². The number of para-hydroxylation sites is 2. The smallest absolute Gasteiger partial charge is 0.158 e. The van der Waals surface area contributed by atoms with Crippen molar-refractivity contribution in [1.29, 1.82) is 0 Å². The van der Waals surface area contributed by atoms with Crippen LogP contribution < -0.4 is 14.7 Å². The summed E-state index contributed by atoms with van der Waals surface area (Å²) < 4.78 is 2.35. The molecular weight excluding hydrogens is 589 g/mol. The topological polar surface area (TPSA) is 39.9 Å². The van der Waals surface area contributed by atoms with Gasteiger partial charge in [-0.15, -0.1) is 0 Å². The predicted octanol–water partition coefficient (Wildman–Crippen LogP) is 10.3. The molecule has 0 radical (unpaired) electrons. The first kappa shape index (κ1) is 28.1. The fraction of sp³-hybridized carbons (Fsp3) is 0.0952. The average Bonchev–Trinajstić information content (AvgIpc) is 3.71. The molecule has 0 atom stereocenters. The molecule has 3 aromatic heterocycles. The van der Waals surface area contributed by atoms with Crippen molar-refractivity contribution < 1.29 is 0 Å². The minimum absolute atomic E-state index is 0.741. The molecule has 0 aliphatic carbocycles. The van der Waals surface area contributed by atoms with Gasteiger partial charge in [0, 0.05) is 52.3 Å². The van der Waals surface area contributed by atoms with Crippen molar-refractivity contribution in [1.82, 2.24) is 14.4 Å². The molecule has 9 rings (SSSR count). The Labute approximate surface area is 279 Å². The van der Waals surface area contributed by atoms with Gasteiger partial charge >= 0.3 is 0 Å². The van der Waals surface area contributed by atoms with E-state index in [-0.39, 0.29) is 0 Å². The van der Waals surface area contributed by atoms with Crippen LogP contribution in [0.1, 0.15) is 11.1 Å². The maximum Gasteiger partial charge on any atom is 0.158 e. The van der Waals surface area contributed by atoms with Crippen LogP contribution in [-0.4, -0.2) is 28.1 Å². The van der Waals surface area contributed by atoms with Crippen LogP contribution in [0.2, 0.25) is 0 Å². The summed E-state index contributed by atoms with van der Waals surface area (Å²) in [7, 11) is 2.11. The van der Waals surface area contributed by atoms with Gasteiger partial charge in [0.2, 0.25) is 0 Å². The molecule has 0 bridgehead atoms. The van der Waals surface area contributed by atoms with Crippen molar-refractivity contribution in [3.63, 3.8) is 0 Å². The van der Waals surface area contributed by atoms with Crippen molar-refractivity contribution >= 4 is 61.6 Å². The van der Waals surface area contributed by atoms with Crippen molar-refractivity contribution in [3.05, 3.63) is 151 Å². The van der Waals surface area contributed by atoms with Crippen LogP contribution in [0.4, 0.5) is 34.3 Å². The second-order valence-electron chi connectivity index (χ2n) is 12.6. The van der Waals surface area contributed by atoms with Gasteiger partial charge in [-0.05, 0) is 91.0 Å². The van der Waals surface area contributed by atoms with E-state index >= 15 is 0 Å². The maximum absolute atomic E-state index is 5.12. The third kappa shape index (κ3) is 4.33. The van der Waals surface area contributed by atoms with E-state index in [1.54, 1.807) is 0 Å². The Bertz CT molecular complexity index is 2480. The highest BCUT2D eigenvalue weighted by Crippen LogP contribution is 2.43. The number of fused-ring (bicyclic) bond motifs is 7. The lowest BCUT2D eigenvalue weighted by atomic mass is 10.00. The third-order valence-corrected chi connectivity index (χ3v) is 9.64. The number of rotatable bonds is 5. The van der Waals surface area contributed by atoms with E-state index in [2.05, 4.69) is 161 Å². The van der Waals surface area contributed by atoms with Gasteiger partial charge in [0.15, 0.2) is 5.82 Å². The Morgan fingerprint density at radius 1 is 0.625 bits per heavy atom. The average molecular weight is 623 g/mol. The molecule has 6 nitrogen and oxygen atoms in total. The monoisotopic (exact) mass is 622 g/mol. The highest BCUT2D eigenvalue weighted by Gasteiger charge is 2.26. The van der Waals surface area contributed by atoms with Crippen LogP contribution in [0.25, 0.3) is 38.6 Å². The fourth-order valence-corrected chi connectivity index (χ4v) is 7.45. The molecule has 8 aromatic rings. The summed E-state index contributed by atoms with van der Waals surface area (Å²) in [6, 6.07) is 45.4. The summed E-state index contributed by atoms with van der Waals surface area (Å²) >= 11 is 0. The molecule has 0 saturated carbocycles. The molecule has 0 N–H and O–H groups in total. The van der Waals surface area contributed by atoms with Gasteiger partial charge in [-0.25, -0.2) is 9.97 Å². The molecular formula is C42H34N6. The number of nitrogens with zero attached hydrogens (tertiary/aromatic N) is 6. The molecule has 0 unspecified atom stereocenters. The molecule has 6 heteroatoms. The SMILES string of the molecule is Cc1cccc(C)c1-c1cnc2c3cc(N(c4ccccc4)c4cccc(N5CN(C)c6cccnc65)c4)ccc3c3ccccc3n12. The Morgan fingerprint density at radius 3 is 2.23 bits per heavy atom. The van der Waals surface area contributed by atoms with Gasteiger partial charge in [-0.1, -0.05) is 66.7 Å². The molecule has 4 heterocycles. The highest BCUT2D eigenvalue weighted by atomic mass is 15.4. The van der Waals surface area contributed by atoms with Gasteiger partial charge in [-0.3, -0.25) is 4.40 Å². The molecule has 0 amide bonds. The molecule has 232 valence electrons. The summed E-state index contributed by atoms with van der Waals surface area (Å²) in [4.78, 5) is 16.7. The van der Waals surface area contributed by atoms with Crippen LogP contribution in [0, 0.1) is 13.8 Å². The van der Waals surface area contributed by atoms with Crippen molar-refractivity contribution in [2.75, 3.05) is 28.4 Å². The van der Waals surface area contributed by atoms with E-state index in [1.165, 1.54) is 27.5 Å². The molecule has 0 spiro atoms. The van der Waals surface area contributed by atoms with E-state index in [4.69, 9.17) is 9.97 Å². The van der Waals surface area contributed by atoms with E-state index in [0.29, 0.717) is 0 Å². The standard InChI is InChI=1S/C42H34N6/c1-28-12-9-13-29(2)40(28)39-26-44-41-36-25-33(21-22-34(36)35-18-7-8-19-37(35)48(39)41)47(30-14-5-4-6-15-30)32-17-10-16-31(24-32)46-27-45(3)38-20-11-23-43-42(38)46/h4-26H,27H2,1-3H3. The number of benzene rings is 5. The first-order valence-corrected chi connectivity index (χ1v) is 16.3. The Balaban J connectivity index is 1.26. The van der Waals surface area contributed by atoms with Crippen LogP contribution in [0.3, 0.4) is 0 Å². The van der Waals surface area contributed by atoms with Gasteiger partial charge in [0.1, 0.15) is 5.65 Å². The Kier molecular flexibility index (Phi) is 6.44. The normalized spacial score (nSPS) is 12.7. The van der Waals surface area contributed by atoms with Gasteiger partial charge in [0.25, 0.3) is 0 Å². The van der Waals surface area contributed by atoms with E-state index in [9.17, 15) is 0 Å². The van der Waals surface area contributed by atoms with Crippen LogP contribution in [0.5, 0.6) is 0 Å². The van der Waals surface area contributed by atoms with Crippen molar-refractivity contribution in [2.24, 2.45) is 0 Å². The first-order chi connectivity index (χ1) is 23.6. The zero-order valence-corrected chi connectivity index (χ0v) is 27.2. The van der Waals surface area contributed by atoms with Gasteiger partial charge in [0.05, 0.1) is 29.8 Å². The molecule has 5 aromatic carbocycles. The van der Waals surface area contributed by atoms with E-state index in [1.807, 2.05) is 18.5 Å². The summed E-state index contributed by atoms with van der Waals surface area (Å²) in [5.74, 6) is 0.974. The van der Waals surface area contributed by atoms with E-state index < -0.39 is 0 Å². The number of aryl methyl sites for hydroxylation is 2. The summed E-state index contributed by atoms with van der Waals surface area (Å²) in [6.45, 7) is 5.11. The zero-order valence-electron chi connectivity index (χ0n) is 27.2. The summed E-state index contributed by atoms with van der Waals surface area (Å²) in [5, 5.41) is 3.50. The summed E-state index contributed by atoms with van der Waals surface area (Å²) in [6.07, 6.45) is 3.91. The van der Waals surface area contributed by atoms with Crippen molar-refractivity contribution in [2.45, 2.75) is 13.8 Å². The number of aromatic nitrogens is 3. The molecule has 0 saturated heterocycles. The van der Waals surface area contributed by atoms with Crippen LogP contribution >= 0.6 is 0 Å². The summed E-state index contributed by atoms with van der Waals surface area (Å²) in [5.41, 5.74) is 12.4. The highest BCUT2D eigenvalue weighted by molar-refractivity contribution is 6.13. The number of imidazole rings is 1. The van der Waals surface area contributed by atoms with Gasteiger partial charge in [-0.2, -0.15) is 0 Å². The second-order valence-corrected chi connectivity index (χ2v) is 12.6. The quantitative estimate of drug-likeness (QED) is 0.179. The first-order valence-electron chi connectivity index (χ1n) is 16.3. The number of pyridine rings is 2. The van der Waals surface area contributed by atoms with Crippen LogP contribution in [0.15, 0.2) is 140 Å². The minimum Gasteiger partial charge on any atom is -0.354 e. The fourth-order valence-electron chi connectivity index (χ4n) is 7.45. The lowest BCUT2D eigenvalue weighted by Crippen LogP contribution is -2.24. The Morgan fingerprint density at radius 2 is 1.38 bits per heavy atom. The van der Waals surface area contributed by atoms with Crippen molar-refractivity contribution in [3.8, 4) is 11.3 Å². The lowest BCUT2D eigenvalue weighted by Gasteiger charge is -2.27. The number of anilines is 6. The number of hydrogen-bond acceptors (Lipinski definition) is 5. The predicted molar refractivity (Wildman–Crippen MR) is 199 cm³/mol. The molecule has 48 heavy (non-hydrogen) atoms. The maximum atomic E-state index is 5.12. The zero-order chi connectivity index (χ0) is 32.4. The molecule has 0 fully saturated rings. The Hall–Kier alpha value is -6.14. The van der Waals surface area contributed by atoms with Gasteiger partial charge < -0.3 is 14.7 Å². The number of hydrogen-bond donors (Lipinski definition) is 0. The minimum atomic E-state index is 0.741. The van der Waals surface area contributed by atoms with E-state index in [0.717, 1.165) is 63.2 Å².